The zero-order valence-corrected chi connectivity index (χ0v) is 14.1. The van der Waals surface area contributed by atoms with Crippen molar-refractivity contribution in [2.45, 2.75) is 12.5 Å². The molecule has 2 heterocycles. The van der Waals surface area contributed by atoms with Crippen LogP contribution in [0.5, 0.6) is 5.88 Å². The van der Waals surface area contributed by atoms with Crippen molar-refractivity contribution in [3.05, 3.63) is 60.0 Å². The third-order valence-corrected chi connectivity index (χ3v) is 3.76. The second-order valence-electron chi connectivity index (χ2n) is 5.61. The Kier molecular flexibility index (Phi) is 4.53. The van der Waals surface area contributed by atoms with E-state index in [2.05, 4.69) is 20.3 Å². The highest BCUT2D eigenvalue weighted by molar-refractivity contribution is 6.02. The van der Waals surface area contributed by atoms with Gasteiger partial charge >= 0.3 is 0 Å². The Bertz CT molecular complexity index is 898. The van der Waals surface area contributed by atoms with Gasteiger partial charge in [0.25, 0.3) is 11.9 Å². The minimum absolute atomic E-state index is 0.0719. The lowest BCUT2D eigenvalue weighted by Crippen LogP contribution is -2.28. The monoisotopic (exact) mass is 357 g/mol. The van der Waals surface area contributed by atoms with Gasteiger partial charge in [0.2, 0.25) is 5.88 Å². The van der Waals surface area contributed by atoms with E-state index in [1.165, 1.54) is 44.0 Å². The predicted molar refractivity (Wildman–Crippen MR) is 92.1 cm³/mol. The van der Waals surface area contributed by atoms with Gasteiger partial charge in [0.05, 0.1) is 25.8 Å². The minimum atomic E-state index is -1.05. The van der Waals surface area contributed by atoms with Crippen molar-refractivity contribution in [2.75, 3.05) is 12.4 Å². The van der Waals surface area contributed by atoms with Crippen molar-refractivity contribution in [1.29, 1.82) is 0 Å². The van der Waals surface area contributed by atoms with E-state index in [9.17, 15) is 9.18 Å². The number of halogens is 1. The first-order valence-electron chi connectivity index (χ1n) is 7.58. The second-order valence-corrected chi connectivity index (χ2v) is 5.61. The van der Waals surface area contributed by atoms with Crippen LogP contribution >= 0.6 is 0 Å². The molecule has 2 aromatic rings. The summed E-state index contributed by atoms with van der Waals surface area (Å²) in [6, 6.07) is 4.09. The molecular formula is C17H16FN5O3. The van der Waals surface area contributed by atoms with Crippen LogP contribution in [-0.2, 0) is 10.3 Å². The summed E-state index contributed by atoms with van der Waals surface area (Å²) in [6.45, 7) is 1.68. The maximum Gasteiger partial charge on any atom is 0.288 e. The lowest BCUT2D eigenvalue weighted by Gasteiger charge is -2.25. The van der Waals surface area contributed by atoms with Gasteiger partial charge in [0, 0.05) is 11.3 Å². The molecule has 0 saturated carbocycles. The molecule has 0 unspecified atom stereocenters. The van der Waals surface area contributed by atoms with Crippen molar-refractivity contribution >= 4 is 17.6 Å². The molecule has 0 spiro atoms. The fourth-order valence-electron chi connectivity index (χ4n) is 2.40. The molecule has 1 aliphatic heterocycles. The van der Waals surface area contributed by atoms with Gasteiger partial charge in [0.1, 0.15) is 17.1 Å². The van der Waals surface area contributed by atoms with E-state index in [0.29, 0.717) is 11.6 Å². The molecule has 9 heteroatoms. The largest absolute Gasteiger partial charge is 0.480 e. The number of carbonyl (C=O) groups excluding carboxylic acids is 1. The van der Waals surface area contributed by atoms with E-state index < -0.39 is 17.3 Å². The quantitative estimate of drug-likeness (QED) is 0.865. The summed E-state index contributed by atoms with van der Waals surface area (Å²) in [4.78, 5) is 24.3. The third-order valence-electron chi connectivity index (χ3n) is 3.76. The van der Waals surface area contributed by atoms with E-state index in [1.807, 2.05) is 0 Å². The number of nitrogens with two attached hydrogens (primary N) is 1. The van der Waals surface area contributed by atoms with Gasteiger partial charge in [-0.25, -0.2) is 19.4 Å². The number of methoxy groups -OCH3 is 1. The predicted octanol–water partition coefficient (Wildman–Crippen LogP) is 1.95. The van der Waals surface area contributed by atoms with E-state index >= 15 is 0 Å². The molecule has 1 aromatic carbocycles. The van der Waals surface area contributed by atoms with Crippen LogP contribution in [0.15, 0.2) is 47.9 Å². The van der Waals surface area contributed by atoms with Crippen LogP contribution in [-0.4, -0.2) is 29.0 Å². The zero-order chi connectivity index (χ0) is 18.7. The smallest absolute Gasteiger partial charge is 0.288 e. The number of benzene rings is 1. The molecule has 0 radical (unpaired) electrons. The van der Waals surface area contributed by atoms with Gasteiger partial charge in [-0.2, -0.15) is 0 Å². The Hall–Kier alpha value is -3.49. The van der Waals surface area contributed by atoms with E-state index in [4.69, 9.17) is 15.2 Å². The summed E-state index contributed by atoms with van der Waals surface area (Å²) in [5, 5.41) is 2.65. The maximum absolute atomic E-state index is 14.3. The van der Waals surface area contributed by atoms with Crippen molar-refractivity contribution < 1.29 is 18.7 Å². The number of nitrogens with one attached hydrogen (secondary N) is 1. The molecule has 1 amide bonds. The first kappa shape index (κ1) is 17.3. The number of hydrogen-bond acceptors (Lipinski definition) is 7. The molecule has 3 rings (SSSR count). The average molecular weight is 357 g/mol. The lowest BCUT2D eigenvalue weighted by atomic mass is 9.91. The van der Waals surface area contributed by atoms with Gasteiger partial charge in [-0.1, -0.05) is 0 Å². The second kappa shape index (κ2) is 6.79. The molecule has 0 saturated heterocycles. The summed E-state index contributed by atoms with van der Waals surface area (Å²) in [5.74, 6) is -0.688. The average Bonchev–Trinajstić information content (AvgIpc) is 2.63. The number of aliphatic imine (C=N–C) groups is 1. The Morgan fingerprint density at radius 2 is 2.15 bits per heavy atom. The molecule has 26 heavy (non-hydrogen) atoms. The standard InChI is InChI=1S/C17H16FN5O3/c1-17(5-6-26-16(19)23-17)11-7-10(3-4-12(11)18)22-15(24)13-8-21-14(25-2)9-20-13/h3-9H,1-2H3,(H2,19,23)(H,22,24)/t17-/m0/s1. The molecule has 0 aliphatic carbocycles. The van der Waals surface area contributed by atoms with E-state index in [-0.39, 0.29) is 17.3 Å². The molecule has 0 bridgehead atoms. The number of carbonyl (C=O) groups is 1. The number of amides is 1. The minimum Gasteiger partial charge on any atom is -0.480 e. The number of hydrogen-bond donors (Lipinski definition) is 2. The van der Waals surface area contributed by atoms with Gasteiger partial charge in [-0.05, 0) is 31.2 Å². The van der Waals surface area contributed by atoms with Gasteiger partial charge in [-0.3, -0.25) is 4.79 Å². The van der Waals surface area contributed by atoms with Gasteiger partial charge in [-0.15, -0.1) is 0 Å². The number of ether oxygens (including phenoxy) is 2. The van der Waals surface area contributed by atoms with Crippen LogP contribution < -0.4 is 15.8 Å². The van der Waals surface area contributed by atoms with Crippen molar-refractivity contribution in [2.24, 2.45) is 10.7 Å². The first-order chi connectivity index (χ1) is 12.4. The van der Waals surface area contributed by atoms with Crippen LogP contribution in [0.2, 0.25) is 0 Å². The van der Waals surface area contributed by atoms with Crippen LogP contribution in [0.3, 0.4) is 0 Å². The lowest BCUT2D eigenvalue weighted by molar-refractivity contribution is 0.102. The van der Waals surface area contributed by atoms with Crippen molar-refractivity contribution in [3.63, 3.8) is 0 Å². The Balaban J connectivity index is 1.86. The number of nitrogens with zero attached hydrogens (tertiary/aromatic N) is 3. The van der Waals surface area contributed by atoms with Crippen LogP contribution in [0, 0.1) is 5.82 Å². The van der Waals surface area contributed by atoms with Crippen LogP contribution in [0.4, 0.5) is 10.1 Å². The van der Waals surface area contributed by atoms with Crippen molar-refractivity contribution in [3.8, 4) is 5.88 Å². The number of anilines is 1. The van der Waals surface area contributed by atoms with Crippen LogP contribution in [0.1, 0.15) is 23.0 Å². The highest BCUT2D eigenvalue weighted by Gasteiger charge is 2.30. The highest BCUT2D eigenvalue weighted by Crippen LogP contribution is 2.33. The summed E-state index contributed by atoms with van der Waals surface area (Å²) in [6.07, 6.45) is 5.53. The molecule has 0 fully saturated rings. The molecule has 1 aliphatic rings. The normalized spacial score (nSPS) is 18.7. The fourth-order valence-corrected chi connectivity index (χ4v) is 2.40. The number of rotatable bonds is 4. The SMILES string of the molecule is COc1cnc(C(=O)Nc2ccc(F)c([C@]3(C)C=COC(N)=N3)c2)cn1. The van der Waals surface area contributed by atoms with E-state index in [1.54, 1.807) is 13.0 Å². The van der Waals surface area contributed by atoms with Gasteiger partial charge < -0.3 is 20.5 Å². The molecule has 134 valence electrons. The Labute approximate surface area is 148 Å². The van der Waals surface area contributed by atoms with E-state index in [0.717, 1.165) is 0 Å². The van der Waals surface area contributed by atoms with Gasteiger partial charge in [0.15, 0.2) is 0 Å². The topological polar surface area (TPSA) is 112 Å². The Morgan fingerprint density at radius 1 is 1.35 bits per heavy atom. The third kappa shape index (κ3) is 3.46. The number of aromatic nitrogens is 2. The summed E-state index contributed by atoms with van der Waals surface area (Å²) in [5.41, 5.74) is 5.23. The van der Waals surface area contributed by atoms with Crippen LogP contribution in [0.25, 0.3) is 0 Å². The molecule has 1 aromatic heterocycles. The molecule has 3 N–H and O–H groups in total. The Morgan fingerprint density at radius 3 is 2.81 bits per heavy atom. The van der Waals surface area contributed by atoms with Crippen molar-refractivity contribution in [1.82, 2.24) is 9.97 Å². The molecular weight excluding hydrogens is 341 g/mol. The maximum atomic E-state index is 14.3. The molecule has 8 nitrogen and oxygen atoms in total. The fraction of sp³-hybridized carbons (Fsp3) is 0.176. The highest BCUT2D eigenvalue weighted by atomic mass is 19.1. The molecule has 1 atom stereocenters. The zero-order valence-electron chi connectivity index (χ0n) is 14.1. The first-order valence-corrected chi connectivity index (χ1v) is 7.58. The summed E-state index contributed by atoms with van der Waals surface area (Å²) >= 11 is 0. The summed E-state index contributed by atoms with van der Waals surface area (Å²) in [7, 11) is 1.45. The summed E-state index contributed by atoms with van der Waals surface area (Å²) < 4.78 is 24.2. The number of amidine groups is 1.